The van der Waals surface area contributed by atoms with E-state index in [0.29, 0.717) is 6.04 Å². The highest BCUT2D eigenvalue weighted by Crippen LogP contribution is 2.17. The summed E-state index contributed by atoms with van der Waals surface area (Å²) in [6.45, 7) is 7.38. The van der Waals surface area contributed by atoms with Gasteiger partial charge in [-0.05, 0) is 44.4 Å². The predicted molar refractivity (Wildman–Crippen MR) is 87.4 cm³/mol. The average molecular weight is 288 g/mol. The standard InChI is InChI=1S/C18H22ClN/c1-13-8-14(2)10-16(9-13)12-20-15(3)11-17-6-4-5-7-18(17)19/h4-10,15,20H,11-12H2,1-3H3. The van der Waals surface area contributed by atoms with Crippen LogP contribution in [0.3, 0.4) is 0 Å². The van der Waals surface area contributed by atoms with Crippen LogP contribution < -0.4 is 5.32 Å². The van der Waals surface area contributed by atoms with Crippen LogP contribution in [0, 0.1) is 13.8 Å². The number of aryl methyl sites for hydroxylation is 2. The van der Waals surface area contributed by atoms with Gasteiger partial charge in [-0.1, -0.05) is 59.1 Å². The van der Waals surface area contributed by atoms with Crippen LogP contribution in [0.4, 0.5) is 0 Å². The normalized spacial score (nSPS) is 12.4. The number of hydrogen-bond acceptors (Lipinski definition) is 1. The first-order valence-corrected chi connectivity index (χ1v) is 7.46. The van der Waals surface area contributed by atoms with Crippen molar-refractivity contribution in [2.45, 2.75) is 39.8 Å². The first-order valence-electron chi connectivity index (χ1n) is 7.08. The molecule has 1 N–H and O–H groups in total. The lowest BCUT2D eigenvalue weighted by Crippen LogP contribution is -2.27. The average Bonchev–Trinajstić information content (AvgIpc) is 2.38. The Morgan fingerprint density at radius 3 is 2.35 bits per heavy atom. The smallest absolute Gasteiger partial charge is 0.0438 e. The molecule has 0 aliphatic rings. The van der Waals surface area contributed by atoms with Crippen molar-refractivity contribution in [1.82, 2.24) is 5.32 Å². The highest BCUT2D eigenvalue weighted by molar-refractivity contribution is 6.31. The van der Waals surface area contributed by atoms with Crippen LogP contribution in [-0.2, 0) is 13.0 Å². The first-order chi connectivity index (χ1) is 9.54. The van der Waals surface area contributed by atoms with E-state index in [1.165, 1.54) is 22.3 Å². The van der Waals surface area contributed by atoms with Crippen molar-refractivity contribution in [3.63, 3.8) is 0 Å². The maximum atomic E-state index is 6.20. The summed E-state index contributed by atoms with van der Waals surface area (Å²) in [7, 11) is 0. The second-order valence-electron chi connectivity index (χ2n) is 5.57. The third-order valence-electron chi connectivity index (χ3n) is 3.42. The van der Waals surface area contributed by atoms with Crippen LogP contribution in [0.5, 0.6) is 0 Å². The SMILES string of the molecule is Cc1cc(C)cc(CNC(C)Cc2ccccc2Cl)c1. The van der Waals surface area contributed by atoms with Crippen LogP contribution in [0.25, 0.3) is 0 Å². The van der Waals surface area contributed by atoms with Crippen molar-refractivity contribution in [2.24, 2.45) is 0 Å². The summed E-state index contributed by atoms with van der Waals surface area (Å²) in [4.78, 5) is 0. The quantitative estimate of drug-likeness (QED) is 0.842. The van der Waals surface area contributed by atoms with Gasteiger partial charge in [0.25, 0.3) is 0 Å². The highest BCUT2D eigenvalue weighted by atomic mass is 35.5. The van der Waals surface area contributed by atoms with E-state index in [1.54, 1.807) is 0 Å². The monoisotopic (exact) mass is 287 g/mol. The molecule has 2 rings (SSSR count). The Bertz CT molecular complexity index is 557. The third-order valence-corrected chi connectivity index (χ3v) is 3.79. The summed E-state index contributed by atoms with van der Waals surface area (Å²) < 4.78 is 0. The van der Waals surface area contributed by atoms with Gasteiger partial charge < -0.3 is 5.32 Å². The molecule has 0 spiro atoms. The van der Waals surface area contributed by atoms with E-state index < -0.39 is 0 Å². The molecule has 0 radical (unpaired) electrons. The molecule has 2 aromatic carbocycles. The summed E-state index contributed by atoms with van der Waals surface area (Å²) in [6, 6.07) is 15.1. The van der Waals surface area contributed by atoms with E-state index in [9.17, 15) is 0 Å². The summed E-state index contributed by atoms with van der Waals surface area (Å²) >= 11 is 6.20. The van der Waals surface area contributed by atoms with Gasteiger partial charge in [-0.2, -0.15) is 0 Å². The van der Waals surface area contributed by atoms with E-state index in [-0.39, 0.29) is 0 Å². The largest absolute Gasteiger partial charge is 0.310 e. The van der Waals surface area contributed by atoms with Gasteiger partial charge in [0.05, 0.1) is 0 Å². The number of halogens is 1. The lowest BCUT2D eigenvalue weighted by molar-refractivity contribution is 0.545. The van der Waals surface area contributed by atoms with Crippen LogP contribution in [-0.4, -0.2) is 6.04 Å². The Balaban J connectivity index is 1.92. The fraction of sp³-hybridized carbons (Fsp3) is 0.333. The minimum atomic E-state index is 0.399. The molecule has 20 heavy (non-hydrogen) atoms. The molecule has 106 valence electrons. The van der Waals surface area contributed by atoms with E-state index in [1.807, 2.05) is 18.2 Å². The van der Waals surface area contributed by atoms with Gasteiger partial charge in [-0.15, -0.1) is 0 Å². The second-order valence-corrected chi connectivity index (χ2v) is 5.98. The lowest BCUT2D eigenvalue weighted by atomic mass is 10.1. The Hall–Kier alpha value is -1.31. The summed E-state index contributed by atoms with van der Waals surface area (Å²) in [5.74, 6) is 0. The van der Waals surface area contributed by atoms with Crippen LogP contribution >= 0.6 is 11.6 Å². The molecule has 0 saturated heterocycles. The number of rotatable bonds is 5. The molecule has 0 fully saturated rings. The Morgan fingerprint density at radius 2 is 1.70 bits per heavy atom. The zero-order valence-corrected chi connectivity index (χ0v) is 13.2. The topological polar surface area (TPSA) is 12.0 Å². The van der Waals surface area contributed by atoms with Crippen molar-refractivity contribution >= 4 is 11.6 Å². The minimum absolute atomic E-state index is 0.399. The lowest BCUT2D eigenvalue weighted by Gasteiger charge is -2.15. The Kier molecular flexibility index (Phi) is 5.22. The molecule has 0 saturated carbocycles. The van der Waals surface area contributed by atoms with Crippen LogP contribution in [0.1, 0.15) is 29.2 Å². The van der Waals surface area contributed by atoms with Gasteiger partial charge in [-0.3, -0.25) is 0 Å². The van der Waals surface area contributed by atoms with Crippen molar-refractivity contribution < 1.29 is 0 Å². The van der Waals surface area contributed by atoms with E-state index in [2.05, 4.69) is 50.4 Å². The molecule has 1 nitrogen and oxygen atoms in total. The van der Waals surface area contributed by atoms with Gasteiger partial charge in [0, 0.05) is 17.6 Å². The maximum absolute atomic E-state index is 6.20. The Labute approximate surface area is 127 Å². The molecule has 2 heteroatoms. The molecule has 0 aromatic heterocycles. The molecule has 0 amide bonds. The van der Waals surface area contributed by atoms with Gasteiger partial charge in [0.15, 0.2) is 0 Å². The second kappa shape index (κ2) is 6.92. The Morgan fingerprint density at radius 1 is 1.05 bits per heavy atom. The third kappa shape index (κ3) is 4.36. The van der Waals surface area contributed by atoms with Crippen molar-refractivity contribution in [2.75, 3.05) is 0 Å². The molecule has 0 aliphatic heterocycles. The predicted octanol–water partition coefficient (Wildman–Crippen LogP) is 4.68. The molecule has 1 unspecified atom stereocenters. The number of benzene rings is 2. The van der Waals surface area contributed by atoms with Crippen molar-refractivity contribution in [1.29, 1.82) is 0 Å². The molecule has 1 atom stereocenters. The van der Waals surface area contributed by atoms with Gasteiger partial charge >= 0.3 is 0 Å². The molecule has 0 heterocycles. The fourth-order valence-electron chi connectivity index (χ4n) is 2.53. The fourth-order valence-corrected chi connectivity index (χ4v) is 2.74. The van der Waals surface area contributed by atoms with E-state index in [0.717, 1.165) is 18.0 Å². The molecular weight excluding hydrogens is 266 g/mol. The number of nitrogens with one attached hydrogen (secondary N) is 1. The van der Waals surface area contributed by atoms with E-state index >= 15 is 0 Å². The van der Waals surface area contributed by atoms with Gasteiger partial charge in [0.2, 0.25) is 0 Å². The molecule has 0 bridgehead atoms. The first kappa shape index (κ1) is 15.1. The highest BCUT2D eigenvalue weighted by Gasteiger charge is 2.06. The maximum Gasteiger partial charge on any atom is 0.0438 e. The van der Waals surface area contributed by atoms with Crippen LogP contribution in [0.2, 0.25) is 5.02 Å². The van der Waals surface area contributed by atoms with Gasteiger partial charge in [0.1, 0.15) is 0 Å². The molecule has 0 aliphatic carbocycles. The van der Waals surface area contributed by atoms with Crippen molar-refractivity contribution in [3.05, 3.63) is 69.7 Å². The van der Waals surface area contributed by atoms with Gasteiger partial charge in [-0.25, -0.2) is 0 Å². The zero-order valence-electron chi connectivity index (χ0n) is 12.4. The summed E-state index contributed by atoms with van der Waals surface area (Å²) in [6.07, 6.45) is 0.949. The summed E-state index contributed by atoms with van der Waals surface area (Å²) in [5, 5.41) is 4.42. The van der Waals surface area contributed by atoms with Crippen LogP contribution in [0.15, 0.2) is 42.5 Å². The van der Waals surface area contributed by atoms with Crippen molar-refractivity contribution in [3.8, 4) is 0 Å². The van der Waals surface area contributed by atoms with E-state index in [4.69, 9.17) is 11.6 Å². The minimum Gasteiger partial charge on any atom is -0.310 e. The molecule has 2 aromatic rings. The zero-order chi connectivity index (χ0) is 14.5. The molecular formula is C18H22ClN. The summed E-state index contributed by atoms with van der Waals surface area (Å²) in [5.41, 5.74) is 5.18. The number of hydrogen-bond donors (Lipinski definition) is 1.